The number of thioether (sulfide) groups is 1. The van der Waals surface area contributed by atoms with Gasteiger partial charge in [0, 0.05) is 23.9 Å². The molecule has 4 rings (SSSR count). The van der Waals surface area contributed by atoms with Gasteiger partial charge >= 0.3 is 0 Å². The van der Waals surface area contributed by atoms with Crippen LogP contribution >= 0.6 is 23.4 Å². The van der Waals surface area contributed by atoms with Crippen LogP contribution < -0.4 is 10.6 Å². The molecule has 2 aromatic carbocycles. The van der Waals surface area contributed by atoms with Gasteiger partial charge in [-0.05, 0) is 48.5 Å². The molecule has 0 radical (unpaired) electrons. The van der Waals surface area contributed by atoms with Crippen molar-refractivity contribution in [3.63, 3.8) is 0 Å². The van der Waals surface area contributed by atoms with Crippen LogP contribution in [-0.2, 0) is 16.1 Å². The molecule has 0 atom stereocenters. The Hall–Kier alpha value is -3.56. The monoisotopic (exact) mass is 481 g/mol. The van der Waals surface area contributed by atoms with E-state index in [1.807, 2.05) is 34.9 Å². The first-order chi connectivity index (χ1) is 16.0. The Labute approximate surface area is 199 Å². The van der Waals surface area contributed by atoms with E-state index in [4.69, 9.17) is 16.0 Å². The maximum Gasteiger partial charge on any atom is 0.234 e. The average Bonchev–Trinajstić information content (AvgIpc) is 3.44. The molecule has 2 N–H and O–H groups in total. The first-order valence-electron chi connectivity index (χ1n) is 10.0. The normalized spacial score (nSPS) is 10.7. The number of benzene rings is 2. The van der Waals surface area contributed by atoms with E-state index in [2.05, 4.69) is 20.8 Å². The summed E-state index contributed by atoms with van der Waals surface area (Å²) in [6.07, 6.45) is 1.60. The predicted molar refractivity (Wildman–Crippen MR) is 128 cm³/mol. The number of nitrogens with one attached hydrogen (secondary N) is 2. The fourth-order valence-corrected chi connectivity index (χ4v) is 4.06. The summed E-state index contributed by atoms with van der Waals surface area (Å²) >= 11 is 7.64. The molecule has 0 aliphatic heterocycles. The smallest absolute Gasteiger partial charge is 0.234 e. The molecule has 2 amide bonds. The minimum atomic E-state index is -0.195. The Morgan fingerprint density at radius 1 is 1.00 bits per heavy atom. The van der Waals surface area contributed by atoms with Gasteiger partial charge in [-0.3, -0.25) is 14.2 Å². The van der Waals surface area contributed by atoms with Crippen LogP contribution in [0.5, 0.6) is 0 Å². The van der Waals surface area contributed by atoms with E-state index in [1.54, 1.807) is 36.6 Å². The fourth-order valence-electron chi connectivity index (χ4n) is 3.11. The number of halogens is 1. The Morgan fingerprint density at radius 2 is 1.73 bits per heavy atom. The van der Waals surface area contributed by atoms with Gasteiger partial charge in [-0.1, -0.05) is 35.5 Å². The maximum absolute atomic E-state index is 12.5. The summed E-state index contributed by atoms with van der Waals surface area (Å²) in [6.45, 7) is 1.84. The third-order valence-electron chi connectivity index (χ3n) is 4.55. The zero-order valence-corrected chi connectivity index (χ0v) is 19.2. The molecule has 4 aromatic rings. The lowest BCUT2D eigenvalue weighted by atomic mass is 10.2. The topological polar surface area (TPSA) is 102 Å². The van der Waals surface area contributed by atoms with E-state index >= 15 is 0 Å². The summed E-state index contributed by atoms with van der Waals surface area (Å²) in [6, 6.07) is 18.0. The zero-order valence-electron chi connectivity index (χ0n) is 17.6. The molecule has 33 heavy (non-hydrogen) atoms. The van der Waals surface area contributed by atoms with Gasteiger partial charge < -0.3 is 15.1 Å². The summed E-state index contributed by atoms with van der Waals surface area (Å²) < 4.78 is 7.37. The standard InChI is InChI=1S/C23H20ClN5O3S/c1-15(30)25-16-8-10-17(11-9-16)26-21(31)14-33-23-28-27-22(19-6-2-3-7-20(19)24)29(23)13-18-5-4-12-32-18/h2-12H,13-14H2,1H3,(H,25,30)(H,26,31). The number of hydrogen-bond acceptors (Lipinski definition) is 6. The highest BCUT2D eigenvalue weighted by Gasteiger charge is 2.18. The Balaban J connectivity index is 1.47. The first-order valence-corrected chi connectivity index (χ1v) is 11.4. The number of aromatic nitrogens is 3. The quantitative estimate of drug-likeness (QED) is 0.346. The van der Waals surface area contributed by atoms with E-state index in [-0.39, 0.29) is 17.6 Å². The van der Waals surface area contributed by atoms with Crippen molar-refractivity contribution >= 4 is 46.6 Å². The van der Waals surface area contributed by atoms with Crippen molar-refractivity contribution in [3.05, 3.63) is 77.7 Å². The number of hydrogen-bond donors (Lipinski definition) is 2. The van der Waals surface area contributed by atoms with Crippen molar-refractivity contribution in [3.8, 4) is 11.4 Å². The van der Waals surface area contributed by atoms with E-state index in [0.717, 1.165) is 11.3 Å². The van der Waals surface area contributed by atoms with Gasteiger partial charge in [0.2, 0.25) is 11.8 Å². The highest BCUT2D eigenvalue weighted by atomic mass is 35.5. The second kappa shape index (κ2) is 10.4. The van der Waals surface area contributed by atoms with Crippen molar-refractivity contribution in [2.24, 2.45) is 0 Å². The highest BCUT2D eigenvalue weighted by molar-refractivity contribution is 7.99. The summed E-state index contributed by atoms with van der Waals surface area (Å²) in [4.78, 5) is 23.6. The van der Waals surface area contributed by atoms with Crippen LogP contribution in [0.2, 0.25) is 5.02 Å². The molecule has 0 bridgehead atoms. The number of rotatable bonds is 8. The van der Waals surface area contributed by atoms with E-state index in [9.17, 15) is 9.59 Å². The Bertz CT molecular complexity index is 1260. The van der Waals surface area contributed by atoms with Crippen molar-refractivity contribution < 1.29 is 14.0 Å². The fraction of sp³-hybridized carbons (Fsp3) is 0.130. The third-order valence-corrected chi connectivity index (χ3v) is 5.84. The molecule has 168 valence electrons. The van der Waals surface area contributed by atoms with Gasteiger partial charge in [0.25, 0.3) is 0 Å². The van der Waals surface area contributed by atoms with E-state index in [0.29, 0.717) is 33.9 Å². The molecule has 0 fully saturated rings. The van der Waals surface area contributed by atoms with Crippen molar-refractivity contribution in [2.75, 3.05) is 16.4 Å². The van der Waals surface area contributed by atoms with Gasteiger partial charge in [0.1, 0.15) is 5.76 Å². The minimum absolute atomic E-state index is 0.131. The molecule has 0 unspecified atom stereocenters. The Morgan fingerprint density at radius 3 is 2.39 bits per heavy atom. The van der Waals surface area contributed by atoms with Crippen molar-refractivity contribution in [2.45, 2.75) is 18.6 Å². The Kier molecular flexibility index (Phi) is 7.11. The second-order valence-electron chi connectivity index (χ2n) is 7.05. The molecule has 2 aromatic heterocycles. The van der Waals surface area contributed by atoms with Crippen LogP contribution in [0.4, 0.5) is 11.4 Å². The van der Waals surface area contributed by atoms with Crippen LogP contribution in [0.1, 0.15) is 12.7 Å². The van der Waals surface area contributed by atoms with E-state index in [1.165, 1.54) is 18.7 Å². The molecule has 0 saturated heterocycles. The van der Waals surface area contributed by atoms with Gasteiger partial charge in [0.05, 0.1) is 23.6 Å². The largest absolute Gasteiger partial charge is 0.467 e. The van der Waals surface area contributed by atoms with Gasteiger partial charge in [-0.15, -0.1) is 10.2 Å². The van der Waals surface area contributed by atoms with Crippen LogP contribution in [-0.4, -0.2) is 32.3 Å². The highest BCUT2D eigenvalue weighted by Crippen LogP contribution is 2.30. The number of anilines is 2. The molecule has 10 heteroatoms. The second-order valence-corrected chi connectivity index (χ2v) is 8.40. The van der Waals surface area contributed by atoms with Crippen LogP contribution in [0.15, 0.2) is 76.5 Å². The number of carbonyl (C=O) groups is 2. The molecule has 8 nitrogen and oxygen atoms in total. The van der Waals surface area contributed by atoms with Crippen molar-refractivity contribution in [1.29, 1.82) is 0 Å². The lowest BCUT2D eigenvalue weighted by Gasteiger charge is -2.10. The van der Waals surface area contributed by atoms with E-state index < -0.39 is 0 Å². The molecule has 0 aliphatic carbocycles. The third kappa shape index (κ3) is 5.82. The lowest BCUT2D eigenvalue weighted by Crippen LogP contribution is -2.15. The average molecular weight is 482 g/mol. The molecule has 0 spiro atoms. The minimum Gasteiger partial charge on any atom is -0.467 e. The summed E-state index contributed by atoms with van der Waals surface area (Å²) in [5.41, 5.74) is 2.03. The van der Waals surface area contributed by atoms with Gasteiger partial charge in [0.15, 0.2) is 11.0 Å². The molecule has 0 saturated carbocycles. The summed E-state index contributed by atoms with van der Waals surface area (Å²) in [7, 11) is 0. The van der Waals surface area contributed by atoms with Crippen LogP contribution in [0.25, 0.3) is 11.4 Å². The SMILES string of the molecule is CC(=O)Nc1ccc(NC(=O)CSc2nnc(-c3ccccc3Cl)n2Cc2ccco2)cc1. The van der Waals surface area contributed by atoms with Gasteiger partial charge in [-0.25, -0.2) is 0 Å². The molecule has 2 heterocycles. The number of amides is 2. The predicted octanol–water partition coefficient (Wildman–Crippen LogP) is 4.93. The molecule has 0 aliphatic rings. The summed E-state index contributed by atoms with van der Waals surface area (Å²) in [5.74, 6) is 1.10. The summed E-state index contributed by atoms with van der Waals surface area (Å²) in [5, 5.41) is 15.3. The first kappa shape index (κ1) is 22.6. The molecular weight excluding hydrogens is 462 g/mol. The lowest BCUT2D eigenvalue weighted by molar-refractivity contribution is -0.114. The number of nitrogens with zero attached hydrogens (tertiary/aromatic N) is 3. The van der Waals surface area contributed by atoms with Crippen molar-refractivity contribution in [1.82, 2.24) is 14.8 Å². The molecular formula is C23H20ClN5O3S. The van der Waals surface area contributed by atoms with Gasteiger partial charge in [-0.2, -0.15) is 0 Å². The number of furan rings is 1. The van der Waals surface area contributed by atoms with Crippen LogP contribution in [0.3, 0.4) is 0 Å². The van der Waals surface area contributed by atoms with Crippen LogP contribution in [0, 0.1) is 0 Å². The zero-order chi connectivity index (χ0) is 23.2. The maximum atomic E-state index is 12.5. The number of carbonyl (C=O) groups excluding carboxylic acids is 2.